The summed E-state index contributed by atoms with van der Waals surface area (Å²) in [5.74, 6) is 0. The van der Waals surface area contributed by atoms with Gasteiger partial charge in [-0.1, -0.05) is 38.1 Å². The molecular formula is C12H18FN. The van der Waals surface area contributed by atoms with Crippen LogP contribution in [0, 0.1) is 0 Å². The van der Waals surface area contributed by atoms with Crippen LogP contribution in [0.3, 0.4) is 0 Å². The van der Waals surface area contributed by atoms with E-state index in [1.54, 1.807) is 0 Å². The average molecular weight is 195 g/mol. The second-order valence-corrected chi connectivity index (χ2v) is 3.57. The Morgan fingerprint density at radius 2 is 1.79 bits per heavy atom. The van der Waals surface area contributed by atoms with Crippen LogP contribution in [-0.2, 0) is 12.1 Å². The molecule has 1 atom stereocenters. The monoisotopic (exact) mass is 195 g/mol. The van der Waals surface area contributed by atoms with Gasteiger partial charge in [-0.3, -0.25) is 0 Å². The third-order valence-corrected chi connectivity index (χ3v) is 2.76. The van der Waals surface area contributed by atoms with E-state index in [1.165, 1.54) is 5.56 Å². The lowest BCUT2D eigenvalue weighted by molar-refractivity contribution is 0.169. The molecule has 0 aliphatic carbocycles. The minimum atomic E-state index is -1.35. The van der Waals surface area contributed by atoms with Crippen molar-refractivity contribution in [2.24, 2.45) is 5.73 Å². The van der Waals surface area contributed by atoms with E-state index in [9.17, 15) is 4.39 Å². The van der Waals surface area contributed by atoms with Crippen LogP contribution < -0.4 is 5.73 Å². The Morgan fingerprint density at radius 3 is 2.14 bits per heavy atom. The Bertz CT molecular complexity index is 275. The molecule has 0 fully saturated rings. The Morgan fingerprint density at radius 1 is 1.21 bits per heavy atom. The zero-order valence-electron chi connectivity index (χ0n) is 8.89. The number of halogens is 1. The van der Waals surface area contributed by atoms with E-state index in [2.05, 4.69) is 6.92 Å². The first-order valence-electron chi connectivity index (χ1n) is 5.14. The second-order valence-electron chi connectivity index (χ2n) is 3.57. The quantitative estimate of drug-likeness (QED) is 0.785. The Hall–Kier alpha value is -0.890. The third-order valence-electron chi connectivity index (χ3n) is 2.76. The van der Waals surface area contributed by atoms with E-state index in [-0.39, 0.29) is 6.54 Å². The number of benzene rings is 1. The molecule has 0 radical (unpaired) electrons. The summed E-state index contributed by atoms with van der Waals surface area (Å²) in [7, 11) is 0. The Labute approximate surface area is 85.1 Å². The first-order chi connectivity index (χ1) is 6.66. The van der Waals surface area contributed by atoms with Crippen molar-refractivity contribution in [3.05, 3.63) is 35.4 Å². The van der Waals surface area contributed by atoms with Gasteiger partial charge in [0.2, 0.25) is 0 Å². The molecule has 1 unspecified atom stereocenters. The van der Waals surface area contributed by atoms with Gasteiger partial charge in [0, 0.05) is 6.54 Å². The molecule has 78 valence electrons. The Balaban J connectivity index is 2.95. The molecule has 1 aromatic rings. The normalized spacial score (nSPS) is 15.1. The highest BCUT2D eigenvalue weighted by atomic mass is 19.1. The lowest BCUT2D eigenvalue weighted by Gasteiger charge is -2.22. The molecule has 0 saturated heterocycles. The lowest BCUT2D eigenvalue weighted by atomic mass is 9.92. The highest BCUT2D eigenvalue weighted by molar-refractivity contribution is 5.27. The molecule has 0 saturated carbocycles. The van der Waals surface area contributed by atoms with Crippen LogP contribution >= 0.6 is 0 Å². The van der Waals surface area contributed by atoms with Crippen molar-refractivity contribution in [2.75, 3.05) is 6.54 Å². The fourth-order valence-corrected chi connectivity index (χ4v) is 1.51. The van der Waals surface area contributed by atoms with Gasteiger partial charge >= 0.3 is 0 Å². The van der Waals surface area contributed by atoms with E-state index >= 15 is 0 Å². The van der Waals surface area contributed by atoms with Gasteiger partial charge in [0.1, 0.15) is 5.67 Å². The highest BCUT2D eigenvalue weighted by Gasteiger charge is 2.27. The topological polar surface area (TPSA) is 26.0 Å². The van der Waals surface area contributed by atoms with Crippen LogP contribution in [0.4, 0.5) is 4.39 Å². The van der Waals surface area contributed by atoms with Crippen LogP contribution in [0.2, 0.25) is 0 Å². The van der Waals surface area contributed by atoms with E-state index in [1.807, 2.05) is 31.2 Å². The summed E-state index contributed by atoms with van der Waals surface area (Å²) >= 11 is 0. The lowest BCUT2D eigenvalue weighted by Crippen LogP contribution is -2.29. The summed E-state index contributed by atoms with van der Waals surface area (Å²) < 4.78 is 14.1. The maximum absolute atomic E-state index is 14.1. The predicted octanol–water partition coefficient (Wildman–Crippen LogP) is 2.78. The summed E-state index contributed by atoms with van der Waals surface area (Å²) in [6, 6.07) is 7.62. The van der Waals surface area contributed by atoms with Gasteiger partial charge in [-0.25, -0.2) is 4.39 Å². The predicted molar refractivity (Wildman–Crippen MR) is 58.0 cm³/mol. The van der Waals surface area contributed by atoms with Crippen molar-refractivity contribution < 1.29 is 4.39 Å². The smallest absolute Gasteiger partial charge is 0.147 e. The van der Waals surface area contributed by atoms with Crippen LogP contribution in [0.25, 0.3) is 0 Å². The SMILES string of the molecule is CCc1ccc(C(F)(CC)CN)cc1. The number of nitrogens with two attached hydrogens (primary N) is 1. The maximum atomic E-state index is 14.1. The summed E-state index contributed by atoms with van der Waals surface area (Å²) in [4.78, 5) is 0. The molecule has 0 aliphatic heterocycles. The van der Waals surface area contributed by atoms with Gasteiger partial charge in [-0.05, 0) is 24.0 Å². The molecule has 0 spiro atoms. The van der Waals surface area contributed by atoms with Gasteiger partial charge in [0.05, 0.1) is 0 Å². The first kappa shape index (κ1) is 11.2. The van der Waals surface area contributed by atoms with Crippen LogP contribution in [0.5, 0.6) is 0 Å². The number of rotatable bonds is 4. The standard InChI is InChI=1S/C12H18FN/c1-3-10-5-7-11(8-6-10)12(13,4-2)9-14/h5-8H,3-4,9,14H2,1-2H3. The summed E-state index contributed by atoms with van der Waals surface area (Å²) in [6.45, 7) is 3.95. The van der Waals surface area contributed by atoms with Gasteiger partial charge in [-0.15, -0.1) is 0 Å². The zero-order chi connectivity index (χ0) is 10.6. The molecule has 0 aliphatic rings. The average Bonchev–Trinajstić information content (AvgIpc) is 2.28. The van der Waals surface area contributed by atoms with E-state index in [4.69, 9.17) is 5.73 Å². The van der Waals surface area contributed by atoms with Gasteiger partial charge in [0.15, 0.2) is 0 Å². The van der Waals surface area contributed by atoms with Crippen molar-refractivity contribution in [1.82, 2.24) is 0 Å². The fourth-order valence-electron chi connectivity index (χ4n) is 1.51. The number of hydrogen-bond donors (Lipinski definition) is 1. The molecule has 0 bridgehead atoms. The molecule has 1 rings (SSSR count). The van der Waals surface area contributed by atoms with Crippen molar-refractivity contribution >= 4 is 0 Å². The van der Waals surface area contributed by atoms with E-state index in [0.717, 1.165) is 6.42 Å². The maximum Gasteiger partial charge on any atom is 0.147 e. The molecule has 1 aromatic carbocycles. The van der Waals surface area contributed by atoms with Crippen molar-refractivity contribution in [1.29, 1.82) is 0 Å². The summed E-state index contributed by atoms with van der Waals surface area (Å²) in [6.07, 6.45) is 1.41. The minimum absolute atomic E-state index is 0.0506. The summed E-state index contributed by atoms with van der Waals surface area (Å²) in [5.41, 5.74) is 6.01. The van der Waals surface area contributed by atoms with E-state index < -0.39 is 5.67 Å². The van der Waals surface area contributed by atoms with Crippen LogP contribution in [0.1, 0.15) is 31.4 Å². The molecule has 2 heteroatoms. The molecule has 0 heterocycles. The second kappa shape index (κ2) is 4.56. The van der Waals surface area contributed by atoms with Crippen molar-refractivity contribution in [3.8, 4) is 0 Å². The van der Waals surface area contributed by atoms with Crippen LogP contribution in [0.15, 0.2) is 24.3 Å². The Kier molecular flexibility index (Phi) is 3.64. The molecule has 1 nitrogen and oxygen atoms in total. The minimum Gasteiger partial charge on any atom is -0.327 e. The molecule has 2 N–H and O–H groups in total. The van der Waals surface area contributed by atoms with Gasteiger partial charge in [0.25, 0.3) is 0 Å². The highest BCUT2D eigenvalue weighted by Crippen LogP contribution is 2.28. The van der Waals surface area contributed by atoms with E-state index in [0.29, 0.717) is 12.0 Å². The number of alkyl halides is 1. The number of hydrogen-bond acceptors (Lipinski definition) is 1. The van der Waals surface area contributed by atoms with Crippen molar-refractivity contribution in [2.45, 2.75) is 32.4 Å². The number of aryl methyl sites for hydroxylation is 1. The summed E-state index contributed by atoms with van der Waals surface area (Å²) in [5, 5.41) is 0. The van der Waals surface area contributed by atoms with Crippen LogP contribution in [-0.4, -0.2) is 6.54 Å². The molecule has 0 aromatic heterocycles. The zero-order valence-corrected chi connectivity index (χ0v) is 8.89. The van der Waals surface area contributed by atoms with Crippen molar-refractivity contribution in [3.63, 3.8) is 0 Å². The largest absolute Gasteiger partial charge is 0.327 e. The molecule has 0 amide bonds. The molecular weight excluding hydrogens is 177 g/mol. The third kappa shape index (κ3) is 2.13. The first-order valence-corrected chi connectivity index (χ1v) is 5.14. The van der Waals surface area contributed by atoms with Gasteiger partial charge < -0.3 is 5.73 Å². The molecule has 14 heavy (non-hydrogen) atoms. The van der Waals surface area contributed by atoms with Gasteiger partial charge in [-0.2, -0.15) is 0 Å². The fraction of sp³-hybridized carbons (Fsp3) is 0.500.